The molecule has 190 valence electrons. The molecule has 2 aliphatic heterocycles. The lowest BCUT2D eigenvalue weighted by atomic mass is 9.84. The lowest BCUT2D eigenvalue weighted by Crippen LogP contribution is -2.40. The molecule has 0 amide bonds. The summed E-state index contributed by atoms with van der Waals surface area (Å²) >= 11 is 1.95. The molecule has 9 rings (SSSR count). The zero-order chi connectivity index (χ0) is 26.4. The molecule has 0 radical (unpaired) electrons. The number of aromatic nitrogens is 2. The Labute approximate surface area is 236 Å². The fourth-order valence-corrected chi connectivity index (χ4v) is 8.50. The van der Waals surface area contributed by atoms with Crippen LogP contribution in [0, 0.1) is 0 Å². The summed E-state index contributed by atoms with van der Waals surface area (Å²) in [5.41, 5.74) is 7.47. The lowest BCUT2D eigenvalue weighted by Gasteiger charge is -2.34. The van der Waals surface area contributed by atoms with Crippen LogP contribution in [0.5, 0.6) is 0 Å². The van der Waals surface area contributed by atoms with Crippen LogP contribution in [0.3, 0.4) is 0 Å². The van der Waals surface area contributed by atoms with E-state index in [4.69, 9.17) is 4.99 Å². The van der Waals surface area contributed by atoms with Gasteiger partial charge in [-0.25, -0.2) is 4.99 Å². The fourth-order valence-electron chi connectivity index (χ4n) is 7.03. The number of allylic oxidation sites excluding steroid dienone is 1. The Balaban J connectivity index is 1.23. The van der Waals surface area contributed by atoms with E-state index in [2.05, 4.69) is 137 Å². The molecule has 0 saturated carbocycles. The molecule has 0 saturated heterocycles. The molecule has 4 heteroatoms. The Kier molecular flexibility index (Phi) is 4.46. The van der Waals surface area contributed by atoms with Gasteiger partial charge < -0.3 is 4.57 Å². The van der Waals surface area contributed by atoms with Crippen molar-refractivity contribution in [2.45, 2.75) is 22.5 Å². The number of aliphatic imine (C=N–C) groups is 1. The predicted octanol–water partition coefficient (Wildman–Crippen LogP) is 9.31. The summed E-state index contributed by atoms with van der Waals surface area (Å²) in [6, 6.07) is 41.9. The lowest BCUT2D eigenvalue weighted by molar-refractivity contribution is 0.713. The third-order valence-corrected chi connectivity index (χ3v) is 10.2. The first kappa shape index (κ1) is 22.3. The highest BCUT2D eigenvalue weighted by atomic mass is 32.2. The van der Waals surface area contributed by atoms with E-state index >= 15 is 0 Å². The second kappa shape index (κ2) is 8.00. The molecule has 0 spiro atoms. The Morgan fingerprint density at radius 3 is 1.68 bits per heavy atom. The van der Waals surface area contributed by atoms with Gasteiger partial charge in [0.25, 0.3) is 0 Å². The number of hydrogen-bond donors (Lipinski definition) is 0. The molecule has 4 heterocycles. The van der Waals surface area contributed by atoms with Crippen molar-refractivity contribution in [3.05, 3.63) is 133 Å². The molecule has 0 aliphatic carbocycles. The topological polar surface area (TPSA) is 22.2 Å². The minimum atomic E-state index is -0.235. The van der Waals surface area contributed by atoms with Gasteiger partial charge in [0.2, 0.25) is 0 Å². The quantitative estimate of drug-likeness (QED) is 0.207. The Morgan fingerprint density at radius 2 is 1.12 bits per heavy atom. The van der Waals surface area contributed by atoms with E-state index in [0.29, 0.717) is 0 Å². The molecule has 5 aromatic carbocycles. The van der Waals surface area contributed by atoms with E-state index < -0.39 is 0 Å². The largest absolute Gasteiger partial charge is 0.309 e. The summed E-state index contributed by atoms with van der Waals surface area (Å²) in [7, 11) is 0. The van der Waals surface area contributed by atoms with Crippen LogP contribution in [-0.4, -0.2) is 19.7 Å². The van der Waals surface area contributed by atoms with Gasteiger partial charge in [-0.2, -0.15) is 0 Å². The maximum Gasteiger partial charge on any atom is 0.130 e. The number of rotatable bonds is 1. The molecule has 2 aromatic heterocycles. The Hall–Kier alpha value is -4.54. The van der Waals surface area contributed by atoms with Gasteiger partial charge in [-0.3, -0.25) is 4.57 Å². The smallest absolute Gasteiger partial charge is 0.130 e. The van der Waals surface area contributed by atoms with Crippen molar-refractivity contribution >= 4 is 61.2 Å². The van der Waals surface area contributed by atoms with E-state index in [1.54, 1.807) is 0 Å². The highest BCUT2D eigenvalue weighted by Crippen LogP contribution is 2.57. The molecular formula is C36H25N3S. The van der Waals surface area contributed by atoms with Crippen molar-refractivity contribution in [3.8, 4) is 5.69 Å². The second-order valence-electron chi connectivity index (χ2n) is 10.9. The van der Waals surface area contributed by atoms with Crippen LogP contribution in [0.2, 0.25) is 0 Å². The standard InChI is InChI=1S/C36H25N3S/c1-36-29(20-21-37-35(36)39-32-16-8-4-12-26(32)27-13-5-9-17-33(27)39)28-22-23(18-19-34(28)40-36)38-30-14-6-2-10-24(30)25-11-3-7-15-31(25)38/h2-22,29H,1H3. The van der Waals surface area contributed by atoms with Crippen LogP contribution in [-0.2, 0) is 0 Å². The van der Waals surface area contributed by atoms with Crippen molar-refractivity contribution in [1.29, 1.82) is 0 Å². The van der Waals surface area contributed by atoms with Crippen molar-refractivity contribution in [2.24, 2.45) is 4.99 Å². The van der Waals surface area contributed by atoms with Crippen molar-refractivity contribution in [3.63, 3.8) is 0 Å². The first-order chi connectivity index (χ1) is 19.7. The summed E-state index contributed by atoms with van der Waals surface area (Å²) in [6.07, 6.45) is 4.32. The Morgan fingerprint density at radius 1 is 0.625 bits per heavy atom. The van der Waals surface area contributed by atoms with Crippen LogP contribution >= 0.6 is 11.8 Å². The van der Waals surface area contributed by atoms with Crippen LogP contribution in [0.25, 0.3) is 49.3 Å². The van der Waals surface area contributed by atoms with Gasteiger partial charge in [0.1, 0.15) is 5.84 Å². The molecule has 0 fully saturated rings. The maximum atomic E-state index is 5.10. The van der Waals surface area contributed by atoms with Crippen LogP contribution in [0.15, 0.2) is 137 Å². The molecule has 0 N–H and O–H groups in total. The number of hydrogen-bond acceptors (Lipinski definition) is 2. The van der Waals surface area contributed by atoms with Crippen molar-refractivity contribution in [2.75, 3.05) is 0 Å². The summed E-state index contributed by atoms with van der Waals surface area (Å²) in [5, 5.41) is 5.11. The predicted molar refractivity (Wildman–Crippen MR) is 169 cm³/mol. The van der Waals surface area contributed by atoms with E-state index in [1.165, 1.54) is 59.8 Å². The Bertz CT molecular complexity index is 2120. The number of nitrogens with zero attached hydrogens (tertiary/aromatic N) is 3. The van der Waals surface area contributed by atoms with Gasteiger partial charge in [-0.05, 0) is 55.0 Å². The molecule has 0 bridgehead atoms. The summed E-state index contributed by atoms with van der Waals surface area (Å²) < 4.78 is 4.58. The average molecular weight is 532 g/mol. The highest BCUT2D eigenvalue weighted by molar-refractivity contribution is 8.01. The van der Waals surface area contributed by atoms with Gasteiger partial charge in [-0.15, -0.1) is 11.8 Å². The summed E-state index contributed by atoms with van der Waals surface area (Å²) in [4.78, 5) is 6.43. The summed E-state index contributed by atoms with van der Waals surface area (Å²) in [5.74, 6) is 1.31. The SMILES string of the molecule is CC12Sc3ccc(-n4c5ccccc5c5ccccc54)cc3C1C=CN=C2n1c2ccccc2c2ccccc21. The molecule has 2 aliphatic rings. The number of para-hydroxylation sites is 4. The summed E-state index contributed by atoms with van der Waals surface area (Å²) in [6.45, 7) is 2.37. The van der Waals surface area contributed by atoms with Crippen LogP contribution in [0.4, 0.5) is 0 Å². The van der Waals surface area contributed by atoms with Gasteiger partial charge in [0.05, 0.1) is 26.8 Å². The van der Waals surface area contributed by atoms with Crippen LogP contribution in [0.1, 0.15) is 18.4 Å². The van der Waals surface area contributed by atoms with Crippen LogP contribution < -0.4 is 0 Å². The minimum absolute atomic E-state index is 0.216. The normalized spacial score (nSPS) is 19.9. The molecule has 7 aromatic rings. The third kappa shape index (κ3) is 2.84. The van der Waals surface area contributed by atoms with Gasteiger partial charge in [-0.1, -0.05) is 78.9 Å². The van der Waals surface area contributed by atoms with Gasteiger partial charge in [0.15, 0.2) is 0 Å². The van der Waals surface area contributed by atoms with E-state index in [1.807, 2.05) is 18.0 Å². The van der Waals surface area contributed by atoms with Crippen molar-refractivity contribution < 1.29 is 0 Å². The van der Waals surface area contributed by atoms with E-state index in [-0.39, 0.29) is 10.7 Å². The number of benzene rings is 5. The average Bonchev–Trinajstić information content (AvgIpc) is 3.62. The number of fused-ring (bicyclic) bond motifs is 9. The fraction of sp³-hybridized carbons (Fsp3) is 0.0833. The zero-order valence-electron chi connectivity index (χ0n) is 22.0. The molecule has 3 nitrogen and oxygen atoms in total. The number of thioether (sulfide) groups is 1. The van der Waals surface area contributed by atoms with Gasteiger partial charge >= 0.3 is 0 Å². The van der Waals surface area contributed by atoms with E-state index in [0.717, 1.165) is 5.84 Å². The second-order valence-corrected chi connectivity index (χ2v) is 12.4. The van der Waals surface area contributed by atoms with Crippen molar-refractivity contribution in [1.82, 2.24) is 9.13 Å². The molecule has 40 heavy (non-hydrogen) atoms. The maximum absolute atomic E-state index is 5.10. The first-order valence-electron chi connectivity index (χ1n) is 13.8. The highest BCUT2D eigenvalue weighted by Gasteiger charge is 2.49. The first-order valence-corrected chi connectivity index (χ1v) is 14.6. The molecular weight excluding hydrogens is 506 g/mol. The van der Waals surface area contributed by atoms with Gasteiger partial charge in [0, 0.05) is 44.2 Å². The third-order valence-electron chi connectivity index (χ3n) is 8.79. The monoisotopic (exact) mass is 531 g/mol. The molecule has 2 atom stereocenters. The zero-order valence-corrected chi connectivity index (χ0v) is 22.8. The van der Waals surface area contributed by atoms with E-state index in [9.17, 15) is 0 Å². The minimum Gasteiger partial charge on any atom is -0.309 e. The molecule has 2 unspecified atom stereocenters.